The van der Waals surface area contributed by atoms with Crippen LogP contribution in [0.3, 0.4) is 0 Å². The van der Waals surface area contributed by atoms with E-state index < -0.39 is 0 Å². The molecule has 14 heavy (non-hydrogen) atoms. The number of aromatic amines is 1. The number of rotatable bonds is 3. The van der Waals surface area contributed by atoms with Crippen LogP contribution >= 0.6 is 0 Å². The lowest BCUT2D eigenvalue weighted by Crippen LogP contribution is -2.29. The number of aliphatic hydroxyl groups is 1. The average Bonchev–Trinajstić information content (AvgIpc) is 2.69. The molecule has 0 bridgehead atoms. The maximum absolute atomic E-state index is 9.69. The molecule has 2 unspecified atom stereocenters. The Labute approximate surface area is 83.3 Å². The van der Waals surface area contributed by atoms with Crippen molar-refractivity contribution in [3.63, 3.8) is 0 Å². The Morgan fingerprint density at radius 2 is 2.36 bits per heavy atom. The first-order valence-corrected chi connectivity index (χ1v) is 5.16. The Kier molecular flexibility index (Phi) is 3.03. The van der Waals surface area contributed by atoms with E-state index >= 15 is 0 Å². The molecule has 1 aliphatic rings. The number of H-pyrrole nitrogens is 1. The second kappa shape index (κ2) is 4.46. The molecule has 4 heteroatoms. The van der Waals surface area contributed by atoms with Crippen molar-refractivity contribution >= 4 is 0 Å². The Hall–Kier alpha value is -1.03. The molecule has 78 valence electrons. The Morgan fingerprint density at radius 3 is 3.07 bits per heavy atom. The summed E-state index contributed by atoms with van der Waals surface area (Å²) in [6.45, 7) is 0.598. The van der Waals surface area contributed by atoms with Gasteiger partial charge in [-0.25, -0.2) is 0 Å². The zero-order chi connectivity index (χ0) is 9.80. The van der Waals surface area contributed by atoms with Gasteiger partial charge < -0.3 is 9.84 Å². The zero-order valence-electron chi connectivity index (χ0n) is 8.15. The molecular formula is C10H16N2O2. The zero-order valence-corrected chi connectivity index (χ0v) is 8.15. The molecule has 1 saturated carbocycles. The van der Waals surface area contributed by atoms with Crippen molar-refractivity contribution in [2.75, 3.05) is 6.61 Å². The van der Waals surface area contributed by atoms with Gasteiger partial charge in [-0.3, -0.25) is 5.10 Å². The van der Waals surface area contributed by atoms with Crippen LogP contribution in [0.25, 0.3) is 0 Å². The summed E-state index contributed by atoms with van der Waals surface area (Å²) in [5.74, 6) is 1.04. The fraction of sp³-hybridized carbons (Fsp3) is 0.700. The van der Waals surface area contributed by atoms with Gasteiger partial charge in [0.1, 0.15) is 0 Å². The Morgan fingerprint density at radius 1 is 1.50 bits per heavy atom. The first kappa shape index (κ1) is 9.52. The largest absolute Gasteiger partial charge is 0.490 e. The Balaban J connectivity index is 1.79. The van der Waals surface area contributed by atoms with E-state index in [4.69, 9.17) is 4.74 Å². The molecule has 0 amide bonds. The van der Waals surface area contributed by atoms with E-state index in [-0.39, 0.29) is 6.10 Å². The van der Waals surface area contributed by atoms with Crippen LogP contribution in [0.4, 0.5) is 0 Å². The summed E-state index contributed by atoms with van der Waals surface area (Å²) >= 11 is 0. The van der Waals surface area contributed by atoms with E-state index in [0.29, 0.717) is 12.5 Å². The lowest BCUT2D eigenvalue weighted by molar-refractivity contribution is 0.0422. The van der Waals surface area contributed by atoms with E-state index in [1.165, 1.54) is 6.42 Å². The van der Waals surface area contributed by atoms with Gasteiger partial charge in [-0.1, -0.05) is 12.8 Å². The number of hydrogen-bond acceptors (Lipinski definition) is 3. The second-order valence-corrected chi connectivity index (χ2v) is 3.86. The van der Waals surface area contributed by atoms with Crippen molar-refractivity contribution in [1.29, 1.82) is 0 Å². The smallest absolute Gasteiger partial charge is 0.156 e. The van der Waals surface area contributed by atoms with Gasteiger partial charge in [0, 0.05) is 5.92 Å². The van der Waals surface area contributed by atoms with Gasteiger partial charge in [0.15, 0.2) is 5.75 Å². The van der Waals surface area contributed by atoms with Crippen LogP contribution in [0.5, 0.6) is 5.75 Å². The van der Waals surface area contributed by atoms with E-state index in [1.807, 2.05) is 0 Å². The molecule has 0 saturated heterocycles. The van der Waals surface area contributed by atoms with Crippen molar-refractivity contribution in [2.45, 2.75) is 31.8 Å². The summed E-state index contributed by atoms with van der Waals surface area (Å²) in [6.07, 6.45) is 7.51. The van der Waals surface area contributed by atoms with E-state index in [0.717, 1.165) is 25.0 Å². The molecule has 1 aromatic rings. The summed E-state index contributed by atoms with van der Waals surface area (Å²) in [6, 6.07) is 0. The molecule has 0 spiro atoms. The predicted molar refractivity (Wildman–Crippen MR) is 52.0 cm³/mol. The molecule has 1 aliphatic carbocycles. The highest BCUT2D eigenvalue weighted by Crippen LogP contribution is 2.24. The molecule has 0 aromatic carbocycles. The van der Waals surface area contributed by atoms with Crippen molar-refractivity contribution in [1.82, 2.24) is 10.2 Å². The third-order valence-corrected chi connectivity index (χ3v) is 2.81. The molecule has 1 fully saturated rings. The van der Waals surface area contributed by atoms with Gasteiger partial charge in [-0.2, -0.15) is 5.10 Å². The SMILES string of the molecule is OC1CCCCC1COc1cn[nH]c1. The van der Waals surface area contributed by atoms with Crippen LogP contribution < -0.4 is 4.74 Å². The standard InChI is InChI=1S/C10H16N2O2/c13-10-4-2-1-3-8(10)7-14-9-5-11-12-6-9/h5-6,8,10,13H,1-4,7H2,(H,11,12). The van der Waals surface area contributed by atoms with Gasteiger partial charge in [0.05, 0.1) is 25.1 Å². The van der Waals surface area contributed by atoms with Gasteiger partial charge >= 0.3 is 0 Å². The first-order chi connectivity index (χ1) is 6.86. The van der Waals surface area contributed by atoms with Crippen LogP contribution in [0.1, 0.15) is 25.7 Å². The topological polar surface area (TPSA) is 58.1 Å². The van der Waals surface area contributed by atoms with Gasteiger partial charge in [-0.15, -0.1) is 0 Å². The fourth-order valence-corrected chi connectivity index (χ4v) is 1.90. The maximum Gasteiger partial charge on any atom is 0.156 e. The second-order valence-electron chi connectivity index (χ2n) is 3.86. The number of aliphatic hydroxyl groups excluding tert-OH is 1. The first-order valence-electron chi connectivity index (χ1n) is 5.16. The highest BCUT2D eigenvalue weighted by Gasteiger charge is 2.23. The fourth-order valence-electron chi connectivity index (χ4n) is 1.90. The highest BCUT2D eigenvalue weighted by atomic mass is 16.5. The van der Waals surface area contributed by atoms with E-state index in [1.54, 1.807) is 12.4 Å². The lowest BCUT2D eigenvalue weighted by atomic mass is 9.87. The molecule has 1 heterocycles. The average molecular weight is 196 g/mol. The minimum Gasteiger partial charge on any atom is -0.490 e. The van der Waals surface area contributed by atoms with Crippen LogP contribution in [0.2, 0.25) is 0 Å². The minimum absolute atomic E-state index is 0.185. The number of ether oxygens (including phenoxy) is 1. The monoisotopic (exact) mass is 196 g/mol. The van der Waals surface area contributed by atoms with Crippen molar-refractivity contribution in [3.8, 4) is 5.75 Å². The van der Waals surface area contributed by atoms with Gasteiger partial charge in [-0.05, 0) is 12.8 Å². The van der Waals surface area contributed by atoms with Crippen LogP contribution in [0, 0.1) is 5.92 Å². The summed E-state index contributed by atoms with van der Waals surface area (Å²) in [7, 11) is 0. The van der Waals surface area contributed by atoms with Crippen LogP contribution in [-0.2, 0) is 0 Å². The van der Waals surface area contributed by atoms with Crippen molar-refractivity contribution in [3.05, 3.63) is 12.4 Å². The molecule has 2 N–H and O–H groups in total. The summed E-state index contributed by atoms with van der Waals surface area (Å²) in [4.78, 5) is 0. The predicted octanol–water partition coefficient (Wildman–Crippen LogP) is 1.34. The quantitative estimate of drug-likeness (QED) is 0.767. The molecule has 4 nitrogen and oxygen atoms in total. The third-order valence-electron chi connectivity index (χ3n) is 2.81. The van der Waals surface area contributed by atoms with Gasteiger partial charge in [0.25, 0.3) is 0 Å². The third kappa shape index (κ3) is 2.26. The van der Waals surface area contributed by atoms with Crippen molar-refractivity contribution < 1.29 is 9.84 Å². The summed E-state index contributed by atoms with van der Waals surface area (Å²) in [5, 5.41) is 16.2. The summed E-state index contributed by atoms with van der Waals surface area (Å²) < 4.78 is 5.50. The lowest BCUT2D eigenvalue weighted by Gasteiger charge is -2.26. The van der Waals surface area contributed by atoms with Gasteiger partial charge in [0.2, 0.25) is 0 Å². The molecule has 2 atom stereocenters. The highest BCUT2D eigenvalue weighted by molar-refractivity contribution is 5.10. The number of hydrogen-bond donors (Lipinski definition) is 2. The number of nitrogens with one attached hydrogen (secondary N) is 1. The van der Waals surface area contributed by atoms with E-state index in [9.17, 15) is 5.11 Å². The van der Waals surface area contributed by atoms with Crippen molar-refractivity contribution in [2.24, 2.45) is 5.92 Å². The maximum atomic E-state index is 9.69. The van der Waals surface area contributed by atoms with Crippen LogP contribution in [0.15, 0.2) is 12.4 Å². The molecule has 0 radical (unpaired) electrons. The number of nitrogens with zero attached hydrogens (tertiary/aromatic N) is 1. The minimum atomic E-state index is -0.185. The molecule has 0 aliphatic heterocycles. The molecule has 2 rings (SSSR count). The summed E-state index contributed by atoms with van der Waals surface area (Å²) in [5.41, 5.74) is 0. The number of aromatic nitrogens is 2. The normalized spacial score (nSPS) is 27.5. The Bertz CT molecular complexity index is 261. The van der Waals surface area contributed by atoms with Crippen LogP contribution in [-0.4, -0.2) is 28.0 Å². The van der Waals surface area contributed by atoms with E-state index in [2.05, 4.69) is 10.2 Å². The molecule has 1 aromatic heterocycles. The molecular weight excluding hydrogens is 180 g/mol.